The van der Waals surface area contributed by atoms with Crippen molar-refractivity contribution in [2.24, 2.45) is 0 Å². The number of benzene rings is 1. The SMILES string of the molecule is CNC(CC1CN(C)CCN1C)c1cc(C)c(C)cc1C. The molecular weight excluding hydrogens is 258 g/mol. The second kappa shape index (κ2) is 6.91. The molecule has 1 heterocycles. The van der Waals surface area contributed by atoms with Gasteiger partial charge in [0.05, 0.1) is 0 Å². The molecule has 2 atom stereocenters. The monoisotopic (exact) mass is 289 g/mol. The maximum Gasteiger partial charge on any atom is 0.0335 e. The molecule has 0 aliphatic carbocycles. The van der Waals surface area contributed by atoms with Crippen molar-refractivity contribution in [2.45, 2.75) is 39.3 Å². The lowest BCUT2D eigenvalue weighted by Crippen LogP contribution is -2.50. The fourth-order valence-electron chi connectivity index (χ4n) is 3.39. The van der Waals surface area contributed by atoms with Crippen molar-refractivity contribution >= 4 is 0 Å². The van der Waals surface area contributed by atoms with E-state index in [1.807, 2.05) is 0 Å². The largest absolute Gasteiger partial charge is 0.313 e. The van der Waals surface area contributed by atoms with Gasteiger partial charge in [0.2, 0.25) is 0 Å². The highest BCUT2D eigenvalue weighted by atomic mass is 15.3. The molecular formula is C18H31N3. The van der Waals surface area contributed by atoms with E-state index < -0.39 is 0 Å². The van der Waals surface area contributed by atoms with E-state index in [4.69, 9.17) is 0 Å². The zero-order valence-corrected chi connectivity index (χ0v) is 14.5. The Bertz CT molecular complexity index is 484. The Hall–Kier alpha value is -0.900. The van der Waals surface area contributed by atoms with Gasteiger partial charge in [0.25, 0.3) is 0 Å². The Morgan fingerprint density at radius 2 is 1.76 bits per heavy atom. The van der Waals surface area contributed by atoms with Crippen molar-refractivity contribution in [1.29, 1.82) is 0 Å². The summed E-state index contributed by atoms with van der Waals surface area (Å²) in [6, 6.07) is 5.76. The number of hydrogen-bond donors (Lipinski definition) is 1. The van der Waals surface area contributed by atoms with Gasteiger partial charge in [0.1, 0.15) is 0 Å². The molecule has 1 aliphatic heterocycles. The molecule has 3 nitrogen and oxygen atoms in total. The number of nitrogens with zero attached hydrogens (tertiary/aromatic N) is 2. The maximum absolute atomic E-state index is 3.54. The Morgan fingerprint density at radius 3 is 2.43 bits per heavy atom. The van der Waals surface area contributed by atoms with Gasteiger partial charge in [-0.25, -0.2) is 0 Å². The molecule has 1 fully saturated rings. The summed E-state index contributed by atoms with van der Waals surface area (Å²) in [7, 11) is 6.58. The Labute approximate surface area is 130 Å². The van der Waals surface area contributed by atoms with Crippen LogP contribution in [0.25, 0.3) is 0 Å². The maximum atomic E-state index is 3.54. The summed E-state index contributed by atoms with van der Waals surface area (Å²) in [5.74, 6) is 0. The predicted molar refractivity (Wildman–Crippen MR) is 91.0 cm³/mol. The number of likely N-dealkylation sites (N-methyl/N-ethyl adjacent to an activating group) is 2. The Morgan fingerprint density at radius 1 is 1.10 bits per heavy atom. The van der Waals surface area contributed by atoms with Crippen LogP contribution in [0.5, 0.6) is 0 Å². The number of rotatable bonds is 4. The molecule has 1 aromatic carbocycles. The van der Waals surface area contributed by atoms with Crippen LogP contribution in [0, 0.1) is 20.8 Å². The predicted octanol–water partition coefficient (Wildman–Crippen LogP) is 2.51. The molecule has 0 radical (unpaired) electrons. The smallest absolute Gasteiger partial charge is 0.0335 e. The van der Waals surface area contributed by atoms with Crippen LogP contribution >= 0.6 is 0 Å². The minimum absolute atomic E-state index is 0.434. The third-order valence-corrected chi connectivity index (χ3v) is 5.09. The second-order valence-corrected chi connectivity index (χ2v) is 6.77. The Kier molecular flexibility index (Phi) is 5.42. The lowest BCUT2D eigenvalue weighted by atomic mass is 9.91. The molecule has 0 saturated carbocycles. The van der Waals surface area contributed by atoms with E-state index in [1.54, 1.807) is 0 Å². The van der Waals surface area contributed by atoms with E-state index in [-0.39, 0.29) is 0 Å². The van der Waals surface area contributed by atoms with Crippen LogP contribution in [0.2, 0.25) is 0 Å². The zero-order valence-electron chi connectivity index (χ0n) is 14.5. The fourth-order valence-corrected chi connectivity index (χ4v) is 3.39. The van der Waals surface area contributed by atoms with Gasteiger partial charge in [-0.3, -0.25) is 0 Å². The molecule has 2 rings (SSSR count). The third kappa shape index (κ3) is 3.85. The normalized spacial score (nSPS) is 22.5. The first-order chi connectivity index (χ1) is 9.92. The van der Waals surface area contributed by atoms with E-state index >= 15 is 0 Å². The first-order valence-corrected chi connectivity index (χ1v) is 8.06. The van der Waals surface area contributed by atoms with Crippen molar-refractivity contribution in [2.75, 3.05) is 40.8 Å². The molecule has 0 bridgehead atoms. The highest BCUT2D eigenvalue weighted by molar-refractivity contribution is 5.38. The molecule has 3 heteroatoms. The summed E-state index contributed by atoms with van der Waals surface area (Å²) in [5, 5.41) is 3.54. The van der Waals surface area contributed by atoms with Gasteiger partial charge in [0.15, 0.2) is 0 Å². The van der Waals surface area contributed by atoms with Crippen molar-refractivity contribution in [3.05, 3.63) is 34.4 Å². The molecule has 21 heavy (non-hydrogen) atoms. The zero-order chi connectivity index (χ0) is 15.6. The van der Waals surface area contributed by atoms with Gasteiger partial charge in [-0.1, -0.05) is 12.1 Å². The summed E-state index contributed by atoms with van der Waals surface area (Å²) < 4.78 is 0. The van der Waals surface area contributed by atoms with Crippen molar-refractivity contribution in [3.63, 3.8) is 0 Å². The number of hydrogen-bond acceptors (Lipinski definition) is 3. The third-order valence-electron chi connectivity index (χ3n) is 5.09. The Balaban J connectivity index is 2.18. The van der Waals surface area contributed by atoms with Gasteiger partial charge in [-0.15, -0.1) is 0 Å². The van der Waals surface area contributed by atoms with E-state index in [2.05, 4.69) is 69.2 Å². The van der Waals surface area contributed by atoms with Crippen LogP contribution in [0.3, 0.4) is 0 Å². The van der Waals surface area contributed by atoms with Crippen LogP contribution in [-0.4, -0.2) is 56.6 Å². The molecule has 0 spiro atoms. The van der Waals surface area contributed by atoms with E-state index in [0.717, 1.165) is 0 Å². The van der Waals surface area contributed by atoms with E-state index in [0.29, 0.717) is 12.1 Å². The first kappa shape index (κ1) is 16.5. The van der Waals surface area contributed by atoms with E-state index in [1.165, 1.54) is 48.3 Å². The lowest BCUT2D eigenvalue weighted by molar-refractivity contribution is 0.102. The summed E-state index contributed by atoms with van der Waals surface area (Å²) in [4.78, 5) is 4.96. The molecule has 1 aliphatic rings. The number of nitrogens with one attached hydrogen (secondary N) is 1. The molecule has 0 amide bonds. The summed E-state index contributed by atoms with van der Waals surface area (Å²) >= 11 is 0. The number of aryl methyl sites for hydroxylation is 3. The summed E-state index contributed by atoms with van der Waals surface area (Å²) in [5.41, 5.74) is 5.65. The fraction of sp³-hybridized carbons (Fsp3) is 0.667. The van der Waals surface area contributed by atoms with Gasteiger partial charge >= 0.3 is 0 Å². The molecule has 2 unspecified atom stereocenters. The molecule has 1 N–H and O–H groups in total. The molecule has 1 saturated heterocycles. The van der Waals surface area contributed by atoms with Gasteiger partial charge in [0, 0.05) is 31.7 Å². The van der Waals surface area contributed by atoms with E-state index in [9.17, 15) is 0 Å². The average molecular weight is 289 g/mol. The second-order valence-electron chi connectivity index (χ2n) is 6.77. The molecule has 0 aromatic heterocycles. The van der Waals surface area contributed by atoms with Gasteiger partial charge < -0.3 is 15.1 Å². The van der Waals surface area contributed by atoms with Crippen LogP contribution < -0.4 is 5.32 Å². The number of piperazine rings is 1. The summed E-state index contributed by atoms with van der Waals surface area (Å²) in [6.07, 6.45) is 1.17. The molecule has 1 aromatic rings. The standard InChI is InChI=1S/C18H31N3/c1-13-9-15(3)17(10-14(13)2)18(19-4)11-16-12-20(5)7-8-21(16)6/h9-10,16,18-19H,7-8,11-12H2,1-6H3. The average Bonchev–Trinajstić information content (AvgIpc) is 2.44. The van der Waals surface area contributed by atoms with Crippen LogP contribution in [-0.2, 0) is 0 Å². The van der Waals surface area contributed by atoms with Crippen LogP contribution in [0.15, 0.2) is 12.1 Å². The first-order valence-electron chi connectivity index (χ1n) is 8.06. The highest BCUT2D eigenvalue weighted by Crippen LogP contribution is 2.27. The van der Waals surface area contributed by atoms with Gasteiger partial charge in [-0.05, 0) is 70.6 Å². The lowest BCUT2D eigenvalue weighted by Gasteiger charge is -2.39. The van der Waals surface area contributed by atoms with Crippen molar-refractivity contribution in [1.82, 2.24) is 15.1 Å². The van der Waals surface area contributed by atoms with Gasteiger partial charge in [-0.2, -0.15) is 0 Å². The molecule has 118 valence electrons. The summed E-state index contributed by atoms with van der Waals surface area (Å²) in [6.45, 7) is 10.2. The highest BCUT2D eigenvalue weighted by Gasteiger charge is 2.26. The van der Waals surface area contributed by atoms with Crippen molar-refractivity contribution in [3.8, 4) is 0 Å². The quantitative estimate of drug-likeness (QED) is 0.919. The van der Waals surface area contributed by atoms with Crippen molar-refractivity contribution < 1.29 is 0 Å². The topological polar surface area (TPSA) is 18.5 Å². The van der Waals surface area contributed by atoms with Crippen LogP contribution in [0.1, 0.15) is 34.7 Å². The minimum Gasteiger partial charge on any atom is -0.313 e. The minimum atomic E-state index is 0.434. The van der Waals surface area contributed by atoms with Crippen LogP contribution in [0.4, 0.5) is 0 Å².